The minimum absolute atomic E-state index is 0.0137. The maximum absolute atomic E-state index is 12.1. The zero-order valence-corrected chi connectivity index (χ0v) is 11.3. The van der Waals surface area contributed by atoms with E-state index < -0.39 is 5.97 Å². The molecule has 0 saturated heterocycles. The van der Waals surface area contributed by atoms with E-state index in [1.165, 1.54) is 0 Å². The lowest BCUT2D eigenvalue weighted by Gasteiger charge is -2.25. The average molecular weight is 273 g/mol. The molecule has 0 radical (unpaired) electrons. The molecule has 1 aliphatic rings. The standard InChI is InChI=1S/C16H19NO3/c1-2-11-3-9-14(10-4-11)17-15(18)12-5-7-13(8-6-12)16(19)20/h2-4,9-10,12-13H,1,5-8H2,(H,17,18)(H,19,20). The summed E-state index contributed by atoms with van der Waals surface area (Å²) in [5.74, 6) is -1.13. The molecular weight excluding hydrogens is 254 g/mol. The van der Waals surface area contributed by atoms with Crippen molar-refractivity contribution in [2.45, 2.75) is 25.7 Å². The number of nitrogens with one attached hydrogen (secondary N) is 1. The van der Waals surface area contributed by atoms with Crippen molar-refractivity contribution < 1.29 is 14.7 Å². The Morgan fingerprint density at radius 3 is 2.15 bits per heavy atom. The molecule has 1 aromatic rings. The second-order valence-corrected chi connectivity index (χ2v) is 5.20. The van der Waals surface area contributed by atoms with Crippen LogP contribution in [-0.4, -0.2) is 17.0 Å². The SMILES string of the molecule is C=Cc1ccc(NC(=O)C2CCC(C(=O)O)CC2)cc1. The number of amides is 1. The lowest BCUT2D eigenvalue weighted by molar-refractivity contribution is -0.143. The van der Waals surface area contributed by atoms with E-state index in [1.807, 2.05) is 24.3 Å². The summed E-state index contributed by atoms with van der Waals surface area (Å²) in [5, 5.41) is 11.8. The Hall–Kier alpha value is -2.10. The van der Waals surface area contributed by atoms with Crippen LogP contribution in [0.2, 0.25) is 0 Å². The summed E-state index contributed by atoms with van der Waals surface area (Å²) in [6.07, 6.45) is 4.21. The molecule has 0 unspecified atom stereocenters. The van der Waals surface area contributed by atoms with Gasteiger partial charge in [-0.2, -0.15) is 0 Å². The van der Waals surface area contributed by atoms with E-state index in [-0.39, 0.29) is 17.7 Å². The lowest BCUT2D eigenvalue weighted by atomic mass is 9.81. The van der Waals surface area contributed by atoms with E-state index in [4.69, 9.17) is 5.11 Å². The highest BCUT2D eigenvalue weighted by Gasteiger charge is 2.29. The van der Waals surface area contributed by atoms with Crippen molar-refractivity contribution in [1.29, 1.82) is 0 Å². The van der Waals surface area contributed by atoms with E-state index >= 15 is 0 Å². The fraction of sp³-hybridized carbons (Fsp3) is 0.375. The minimum Gasteiger partial charge on any atom is -0.481 e. The summed E-state index contributed by atoms with van der Waals surface area (Å²) in [4.78, 5) is 23.0. The largest absolute Gasteiger partial charge is 0.481 e. The van der Waals surface area contributed by atoms with Gasteiger partial charge in [-0.15, -0.1) is 0 Å². The van der Waals surface area contributed by atoms with Crippen LogP contribution in [0.25, 0.3) is 6.08 Å². The van der Waals surface area contributed by atoms with Crippen molar-refractivity contribution in [3.63, 3.8) is 0 Å². The van der Waals surface area contributed by atoms with Crippen molar-refractivity contribution in [2.75, 3.05) is 5.32 Å². The molecule has 1 amide bonds. The predicted molar refractivity (Wildman–Crippen MR) is 78.2 cm³/mol. The zero-order chi connectivity index (χ0) is 14.5. The summed E-state index contributed by atoms with van der Waals surface area (Å²) in [6, 6.07) is 7.48. The number of carbonyl (C=O) groups is 2. The van der Waals surface area contributed by atoms with Crippen LogP contribution < -0.4 is 5.32 Å². The number of anilines is 1. The van der Waals surface area contributed by atoms with Crippen LogP contribution in [0.5, 0.6) is 0 Å². The fourth-order valence-corrected chi connectivity index (χ4v) is 2.55. The molecule has 2 N–H and O–H groups in total. The minimum atomic E-state index is -0.746. The van der Waals surface area contributed by atoms with E-state index in [2.05, 4.69) is 11.9 Å². The third kappa shape index (κ3) is 3.47. The molecule has 1 fully saturated rings. The Bertz CT molecular complexity index is 499. The average Bonchev–Trinajstić information content (AvgIpc) is 2.48. The third-order valence-electron chi connectivity index (χ3n) is 3.86. The first-order valence-electron chi connectivity index (χ1n) is 6.86. The first kappa shape index (κ1) is 14.3. The Morgan fingerprint density at radius 1 is 1.10 bits per heavy atom. The summed E-state index contributed by atoms with van der Waals surface area (Å²) in [5.41, 5.74) is 1.77. The van der Waals surface area contributed by atoms with Gasteiger partial charge in [-0.25, -0.2) is 0 Å². The molecule has 20 heavy (non-hydrogen) atoms. The van der Waals surface area contributed by atoms with E-state index in [0.29, 0.717) is 25.7 Å². The highest BCUT2D eigenvalue weighted by molar-refractivity contribution is 5.92. The molecule has 2 rings (SSSR count). The number of carboxylic acids is 1. The Morgan fingerprint density at radius 2 is 1.65 bits per heavy atom. The maximum atomic E-state index is 12.1. The van der Waals surface area contributed by atoms with Gasteiger partial charge in [0, 0.05) is 11.6 Å². The summed E-state index contributed by atoms with van der Waals surface area (Å²) in [6.45, 7) is 3.68. The van der Waals surface area contributed by atoms with Gasteiger partial charge in [0.2, 0.25) is 5.91 Å². The first-order valence-corrected chi connectivity index (χ1v) is 6.86. The van der Waals surface area contributed by atoms with Crippen LogP contribution >= 0.6 is 0 Å². The number of rotatable bonds is 4. The first-order chi connectivity index (χ1) is 9.60. The number of aliphatic carboxylic acids is 1. The van der Waals surface area contributed by atoms with Gasteiger partial charge >= 0.3 is 5.97 Å². The van der Waals surface area contributed by atoms with E-state index in [9.17, 15) is 9.59 Å². The van der Waals surface area contributed by atoms with Crippen LogP contribution in [0.3, 0.4) is 0 Å². The van der Waals surface area contributed by atoms with Gasteiger partial charge < -0.3 is 10.4 Å². The van der Waals surface area contributed by atoms with Crippen LogP contribution in [0, 0.1) is 11.8 Å². The van der Waals surface area contributed by atoms with Gasteiger partial charge in [0.05, 0.1) is 5.92 Å². The van der Waals surface area contributed by atoms with Crippen LogP contribution in [0.15, 0.2) is 30.8 Å². The van der Waals surface area contributed by atoms with Gasteiger partial charge in [-0.1, -0.05) is 24.8 Å². The van der Waals surface area contributed by atoms with Gasteiger partial charge in [-0.3, -0.25) is 9.59 Å². The number of carbonyl (C=O) groups excluding carboxylic acids is 1. The van der Waals surface area contributed by atoms with Crippen molar-refractivity contribution in [2.24, 2.45) is 11.8 Å². The highest BCUT2D eigenvalue weighted by atomic mass is 16.4. The summed E-state index contributed by atoms with van der Waals surface area (Å²) in [7, 11) is 0. The maximum Gasteiger partial charge on any atom is 0.306 e. The van der Waals surface area contributed by atoms with Gasteiger partial charge in [0.25, 0.3) is 0 Å². The Kier molecular flexibility index (Phi) is 4.56. The molecule has 4 nitrogen and oxygen atoms in total. The summed E-state index contributed by atoms with van der Waals surface area (Å²) >= 11 is 0. The second-order valence-electron chi connectivity index (χ2n) is 5.20. The van der Waals surface area contributed by atoms with Crippen molar-refractivity contribution >= 4 is 23.6 Å². The van der Waals surface area contributed by atoms with Crippen molar-refractivity contribution in [1.82, 2.24) is 0 Å². The quantitative estimate of drug-likeness (QED) is 0.885. The Labute approximate surface area is 118 Å². The Balaban J connectivity index is 1.89. The smallest absolute Gasteiger partial charge is 0.306 e. The number of benzene rings is 1. The summed E-state index contributed by atoms with van der Waals surface area (Å²) < 4.78 is 0. The molecule has 1 aromatic carbocycles. The molecule has 0 atom stereocenters. The molecule has 0 aromatic heterocycles. The predicted octanol–water partition coefficient (Wildman–Crippen LogP) is 3.16. The third-order valence-corrected chi connectivity index (χ3v) is 3.86. The van der Waals surface area contributed by atoms with E-state index in [0.717, 1.165) is 11.3 Å². The molecule has 0 aliphatic heterocycles. The number of hydrogen-bond acceptors (Lipinski definition) is 2. The lowest BCUT2D eigenvalue weighted by Crippen LogP contribution is -2.29. The zero-order valence-electron chi connectivity index (χ0n) is 11.3. The molecule has 106 valence electrons. The fourth-order valence-electron chi connectivity index (χ4n) is 2.55. The van der Waals surface area contributed by atoms with Gasteiger partial charge in [0.15, 0.2) is 0 Å². The normalized spacial score (nSPS) is 22.0. The van der Waals surface area contributed by atoms with Crippen molar-refractivity contribution in [3.05, 3.63) is 36.4 Å². The number of carboxylic acid groups (broad SMARTS) is 1. The number of hydrogen-bond donors (Lipinski definition) is 2. The highest BCUT2D eigenvalue weighted by Crippen LogP contribution is 2.29. The molecule has 0 bridgehead atoms. The molecular formula is C16H19NO3. The topological polar surface area (TPSA) is 66.4 Å². The van der Waals surface area contributed by atoms with Gasteiger partial charge in [-0.05, 0) is 43.4 Å². The molecule has 1 aliphatic carbocycles. The van der Waals surface area contributed by atoms with Crippen LogP contribution in [0.4, 0.5) is 5.69 Å². The second kappa shape index (κ2) is 6.37. The van der Waals surface area contributed by atoms with Crippen LogP contribution in [0.1, 0.15) is 31.2 Å². The molecule has 4 heteroatoms. The molecule has 1 saturated carbocycles. The molecule has 0 spiro atoms. The van der Waals surface area contributed by atoms with Gasteiger partial charge in [0.1, 0.15) is 0 Å². The van der Waals surface area contributed by atoms with E-state index in [1.54, 1.807) is 6.08 Å². The monoisotopic (exact) mass is 273 g/mol. The van der Waals surface area contributed by atoms with Crippen molar-refractivity contribution in [3.8, 4) is 0 Å². The van der Waals surface area contributed by atoms with Crippen LogP contribution in [-0.2, 0) is 9.59 Å². The molecule has 0 heterocycles.